The van der Waals surface area contributed by atoms with Gasteiger partial charge in [0.15, 0.2) is 5.11 Å². The molecule has 0 atom stereocenters. The fourth-order valence-corrected chi connectivity index (χ4v) is 1.46. The van der Waals surface area contributed by atoms with Crippen molar-refractivity contribution < 1.29 is 0 Å². The Labute approximate surface area is 104 Å². The third kappa shape index (κ3) is 3.16. The average molecular weight is 256 g/mol. The summed E-state index contributed by atoms with van der Waals surface area (Å²) in [5, 5.41) is 6.18. The summed E-state index contributed by atoms with van der Waals surface area (Å²) in [7, 11) is 3.01. The number of nitrogens with zero attached hydrogens (tertiary/aromatic N) is 2. The third-order valence-corrected chi connectivity index (χ3v) is 2.55. The molecule has 0 unspecified atom stereocenters. The number of hydrogen-bond donors (Lipinski definition) is 2. The zero-order valence-electron chi connectivity index (χ0n) is 10.1. The second-order valence-corrected chi connectivity index (χ2v) is 4.06. The number of hydrogen-bond acceptors (Lipinski definition) is 3. The van der Waals surface area contributed by atoms with Crippen LogP contribution in [0.4, 0.5) is 5.82 Å². The molecule has 0 aliphatic rings. The van der Waals surface area contributed by atoms with Crippen LogP contribution in [0.3, 0.4) is 0 Å². The van der Waals surface area contributed by atoms with E-state index >= 15 is 0 Å². The summed E-state index contributed by atoms with van der Waals surface area (Å²) in [5.74, 6) is 0.381. The van der Waals surface area contributed by atoms with Crippen LogP contribution in [0.15, 0.2) is 15.7 Å². The predicted molar refractivity (Wildman–Crippen MR) is 71.4 cm³/mol. The Morgan fingerprint density at radius 3 is 2.59 bits per heavy atom. The first-order valence-electron chi connectivity index (χ1n) is 5.29. The Kier molecular flexibility index (Phi) is 4.45. The minimum atomic E-state index is -0.390. The van der Waals surface area contributed by atoms with Crippen molar-refractivity contribution in [3.05, 3.63) is 26.9 Å². The molecule has 94 valence electrons. The fourth-order valence-electron chi connectivity index (χ4n) is 1.25. The largest absolute Gasteiger partial charge is 0.362 e. The standard InChI is InChI=1S/C10H16N4O2S/c1-4-5-11-9(17)12-7-6-8(15)14(3)10(16)13(7)2/h6H,4-5H2,1-3H3,(H2,11,12,17). The van der Waals surface area contributed by atoms with Gasteiger partial charge in [0.2, 0.25) is 0 Å². The molecule has 0 saturated heterocycles. The van der Waals surface area contributed by atoms with Crippen LogP contribution in [0.2, 0.25) is 0 Å². The summed E-state index contributed by atoms with van der Waals surface area (Å²) in [5.41, 5.74) is -0.757. The van der Waals surface area contributed by atoms with Gasteiger partial charge in [0.25, 0.3) is 5.56 Å². The molecule has 0 spiro atoms. The molecule has 0 saturated carbocycles. The number of anilines is 1. The maximum atomic E-state index is 11.6. The highest BCUT2D eigenvalue weighted by atomic mass is 32.1. The van der Waals surface area contributed by atoms with Gasteiger partial charge in [-0.2, -0.15) is 0 Å². The summed E-state index contributed by atoms with van der Waals surface area (Å²) < 4.78 is 2.37. The van der Waals surface area contributed by atoms with Gasteiger partial charge in [-0.05, 0) is 18.6 Å². The van der Waals surface area contributed by atoms with E-state index in [-0.39, 0.29) is 5.56 Å². The van der Waals surface area contributed by atoms with Crippen LogP contribution in [0.1, 0.15) is 13.3 Å². The van der Waals surface area contributed by atoms with Crippen LogP contribution in [-0.2, 0) is 14.1 Å². The molecule has 1 aromatic heterocycles. The average Bonchev–Trinajstić information content (AvgIpc) is 2.30. The van der Waals surface area contributed by atoms with Crippen LogP contribution in [0.5, 0.6) is 0 Å². The van der Waals surface area contributed by atoms with Gasteiger partial charge in [-0.1, -0.05) is 6.92 Å². The van der Waals surface area contributed by atoms with Crippen molar-refractivity contribution in [2.24, 2.45) is 14.1 Å². The molecule has 0 amide bonds. The van der Waals surface area contributed by atoms with Crippen LogP contribution >= 0.6 is 12.2 Å². The maximum Gasteiger partial charge on any atom is 0.332 e. The van der Waals surface area contributed by atoms with E-state index in [1.807, 2.05) is 6.92 Å². The minimum Gasteiger partial charge on any atom is -0.362 e. The first-order chi connectivity index (χ1) is 7.97. The monoisotopic (exact) mass is 256 g/mol. The molecule has 6 nitrogen and oxygen atoms in total. The smallest absolute Gasteiger partial charge is 0.332 e. The third-order valence-electron chi connectivity index (χ3n) is 2.30. The van der Waals surface area contributed by atoms with Gasteiger partial charge in [0.05, 0.1) is 0 Å². The highest BCUT2D eigenvalue weighted by molar-refractivity contribution is 7.80. The normalized spacial score (nSPS) is 10.1. The first kappa shape index (κ1) is 13.4. The molecule has 17 heavy (non-hydrogen) atoms. The molecule has 0 aromatic carbocycles. The highest BCUT2D eigenvalue weighted by Gasteiger charge is 2.06. The van der Waals surface area contributed by atoms with Crippen molar-refractivity contribution >= 4 is 23.1 Å². The van der Waals surface area contributed by atoms with Crippen molar-refractivity contribution in [3.63, 3.8) is 0 Å². The van der Waals surface area contributed by atoms with Crippen molar-refractivity contribution in [3.8, 4) is 0 Å². The number of nitrogens with one attached hydrogen (secondary N) is 2. The van der Waals surface area contributed by atoms with Crippen LogP contribution in [-0.4, -0.2) is 20.8 Å². The lowest BCUT2D eigenvalue weighted by atomic mass is 10.5. The SMILES string of the molecule is CCCNC(=S)Nc1cc(=O)n(C)c(=O)n1C. The van der Waals surface area contributed by atoms with Crippen molar-refractivity contribution in [1.82, 2.24) is 14.5 Å². The Bertz CT molecular complexity index is 532. The zero-order valence-corrected chi connectivity index (χ0v) is 10.9. The molecule has 0 aliphatic carbocycles. The van der Waals surface area contributed by atoms with E-state index in [0.717, 1.165) is 17.5 Å². The summed E-state index contributed by atoms with van der Waals surface area (Å²) >= 11 is 5.03. The van der Waals surface area contributed by atoms with Gasteiger partial charge in [0, 0.05) is 26.7 Å². The minimum absolute atomic E-state index is 0.367. The molecule has 1 aromatic rings. The molecule has 1 rings (SSSR count). The van der Waals surface area contributed by atoms with Crippen molar-refractivity contribution in [1.29, 1.82) is 0 Å². The van der Waals surface area contributed by atoms with Gasteiger partial charge in [-0.3, -0.25) is 13.9 Å². The van der Waals surface area contributed by atoms with Gasteiger partial charge >= 0.3 is 5.69 Å². The van der Waals surface area contributed by atoms with E-state index in [9.17, 15) is 9.59 Å². The lowest BCUT2D eigenvalue weighted by molar-refractivity contribution is 0.693. The molecule has 0 fully saturated rings. The molecule has 1 heterocycles. The number of thiocarbonyl (C=S) groups is 1. The summed E-state index contributed by atoms with van der Waals surface area (Å²) in [6, 6.07) is 1.33. The van der Waals surface area contributed by atoms with E-state index in [0.29, 0.717) is 10.9 Å². The second-order valence-electron chi connectivity index (χ2n) is 3.65. The summed E-state index contributed by atoms with van der Waals surface area (Å²) in [4.78, 5) is 23.1. The molecule has 0 radical (unpaired) electrons. The number of rotatable bonds is 3. The van der Waals surface area contributed by atoms with E-state index in [2.05, 4.69) is 10.6 Å². The van der Waals surface area contributed by atoms with E-state index < -0.39 is 5.69 Å². The molecule has 2 N–H and O–H groups in total. The zero-order chi connectivity index (χ0) is 13.0. The maximum absolute atomic E-state index is 11.6. The second kappa shape index (κ2) is 5.62. The van der Waals surface area contributed by atoms with Gasteiger partial charge in [0.1, 0.15) is 5.82 Å². The fraction of sp³-hybridized carbons (Fsp3) is 0.500. The lowest BCUT2D eigenvalue weighted by Gasteiger charge is -2.13. The number of aromatic nitrogens is 2. The van der Waals surface area contributed by atoms with E-state index in [1.165, 1.54) is 17.7 Å². The van der Waals surface area contributed by atoms with Gasteiger partial charge < -0.3 is 10.6 Å². The van der Waals surface area contributed by atoms with E-state index in [4.69, 9.17) is 12.2 Å². The Hall–Kier alpha value is -1.63. The van der Waals surface area contributed by atoms with Crippen LogP contribution in [0.25, 0.3) is 0 Å². The topological polar surface area (TPSA) is 68.1 Å². The van der Waals surface area contributed by atoms with Crippen molar-refractivity contribution in [2.75, 3.05) is 11.9 Å². The summed E-state index contributed by atoms with van der Waals surface area (Å²) in [6.07, 6.45) is 0.942. The predicted octanol–water partition coefficient (Wildman–Crippen LogP) is -0.220. The molecule has 7 heteroatoms. The van der Waals surface area contributed by atoms with Crippen LogP contribution < -0.4 is 21.9 Å². The molecular weight excluding hydrogens is 240 g/mol. The highest BCUT2D eigenvalue weighted by Crippen LogP contribution is 1.97. The van der Waals surface area contributed by atoms with Gasteiger partial charge in [-0.15, -0.1) is 0 Å². The Morgan fingerprint density at radius 2 is 2.00 bits per heavy atom. The first-order valence-corrected chi connectivity index (χ1v) is 5.70. The van der Waals surface area contributed by atoms with Crippen LogP contribution in [0, 0.1) is 0 Å². The summed E-state index contributed by atoms with van der Waals surface area (Å²) in [6.45, 7) is 2.76. The van der Waals surface area contributed by atoms with E-state index in [1.54, 1.807) is 7.05 Å². The molecule has 0 bridgehead atoms. The lowest BCUT2D eigenvalue weighted by Crippen LogP contribution is -2.39. The Balaban J connectivity index is 2.97. The van der Waals surface area contributed by atoms with Gasteiger partial charge in [-0.25, -0.2) is 4.79 Å². The van der Waals surface area contributed by atoms with Crippen molar-refractivity contribution in [2.45, 2.75) is 13.3 Å². The Morgan fingerprint density at radius 1 is 1.35 bits per heavy atom. The molecular formula is C10H16N4O2S. The molecule has 0 aliphatic heterocycles. The quantitative estimate of drug-likeness (QED) is 0.732.